The summed E-state index contributed by atoms with van der Waals surface area (Å²) in [5.41, 5.74) is 2.44. The van der Waals surface area contributed by atoms with Gasteiger partial charge in [0.1, 0.15) is 10.7 Å². The quantitative estimate of drug-likeness (QED) is 0.149. The molecule has 4 rings (SSSR count). The van der Waals surface area contributed by atoms with Crippen LogP contribution in [0, 0.1) is 11.7 Å². The van der Waals surface area contributed by atoms with Gasteiger partial charge in [0.15, 0.2) is 5.75 Å². The highest BCUT2D eigenvalue weighted by atomic mass is 35.5. The lowest BCUT2D eigenvalue weighted by atomic mass is 10.1. The molecule has 0 saturated heterocycles. The highest BCUT2D eigenvalue weighted by molar-refractivity contribution is 7.89. The van der Waals surface area contributed by atoms with Crippen molar-refractivity contribution in [2.24, 2.45) is 5.92 Å². The predicted molar refractivity (Wildman–Crippen MR) is 183 cm³/mol. The summed E-state index contributed by atoms with van der Waals surface area (Å²) in [6.07, 6.45) is 1.39. The van der Waals surface area contributed by atoms with Crippen LogP contribution in [0.3, 0.4) is 0 Å². The molecule has 6 nitrogen and oxygen atoms in total. The van der Waals surface area contributed by atoms with Crippen LogP contribution in [-0.2, 0) is 29.7 Å². The molecular weight excluding hydrogens is 693 g/mol. The van der Waals surface area contributed by atoms with Crippen molar-refractivity contribution in [3.8, 4) is 5.75 Å². The second-order valence-corrected chi connectivity index (χ2v) is 15.0. The lowest BCUT2D eigenvalue weighted by Crippen LogP contribution is -2.32. The van der Waals surface area contributed by atoms with Crippen LogP contribution < -0.4 is 0 Å². The van der Waals surface area contributed by atoms with E-state index >= 15 is 0 Å². The molecule has 0 unspecified atom stereocenters. The van der Waals surface area contributed by atoms with Crippen molar-refractivity contribution in [1.29, 1.82) is 0 Å². The molecule has 1 N–H and O–H groups in total. The fourth-order valence-corrected chi connectivity index (χ4v) is 7.69. The summed E-state index contributed by atoms with van der Waals surface area (Å²) < 4.78 is 42.4. The van der Waals surface area contributed by atoms with Gasteiger partial charge in [-0.05, 0) is 90.0 Å². The van der Waals surface area contributed by atoms with Crippen molar-refractivity contribution in [1.82, 2.24) is 9.21 Å². The van der Waals surface area contributed by atoms with E-state index in [-0.39, 0.29) is 52.8 Å². The largest absolute Gasteiger partial charge is 0.505 e. The molecule has 12 heteroatoms. The van der Waals surface area contributed by atoms with Gasteiger partial charge in [0.05, 0.1) is 5.02 Å². The summed E-state index contributed by atoms with van der Waals surface area (Å²) in [5, 5.41) is 11.3. The van der Waals surface area contributed by atoms with Crippen LogP contribution in [0.15, 0.2) is 83.8 Å². The van der Waals surface area contributed by atoms with Gasteiger partial charge in [-0.3, -0.25) is 4.79 Å². The maximum absolute atomic E-state index is 13.8. The number of nitrogens with zero attached hydrogens (tertiary/aromatic N) is 2. The molecule has 0 bridgehead atoms. The van der Waals surface area contributed by atoms with E-state index < -0.39 is 15.8 Å². The van der Waals surface area contributed by atoms with E-state index in [9.17, 15) is 22.7 Å². The third-order valence-corrected chi connectivity index (χ3v) is 10.0. The van der Waals surface area contributed by atoms with Gasteiger partial charge in [0.2, 0.25) is 10.0 Å². The van der Waals surface area contributed by atoms with Gasteiger partial charge >= 0.3 is 0 Å². The van der Waals surface area contributed by atoms with Crippen molar-refractivity contribution < 1.29 is 22.7 Å². The maximum Gasteiger partial charge on any atom is 0.254 e. The summed E-state index contributed by atoms with van der Waals surface area (Å²) in [7, 11) is -4.20. The minimum atomic E-state index is -4.20. The first-order valence-electron chi connectivity index (χ1n) is 14.5. The minimum Gasteiger partial charge on any atom is -0.505 e. The van der Waals surface area contributed by atoms with Gasteiger partial charge in [-0.2, -0.15) is 4.31 Å². The SMILES string of the molecule is CC(C)CCCN(Cc1ccc(C(=O)N(Cc2ccc(F)cc2)Cc2cc(Cl)cc(Cl)c2)cc1)S(=O)(=O)c1cc(Cl)cc(Cl)c1O. The molecule has 0 atom stereocenters. The monoisotopic (exact) mass is 724 g/mol. The third kappa shape index (κ3) is 9.59. The highest BCUT2D eigenvalue weighted by Gasteiger charge is 2.29. The zero-order valence-electron chi connectivity index (χ0n) is 25.2. The average molecular weight is 727 g/mol. The molecule has 4 aromatic rings. The number of hydrogen-bond donors (Lipinski definition) is 1. The van der Waals surface area contributed by atoms with E-state index in [1.807, 2.05) is 0 Å². The minimum absolute atomic E-state index is 0.0151. The number of aromatic hydroxyl groups is 1. The number of amides is 1. The Morgan fingerprint density at radius 3 is 1.93 bits per heavy atom. The summed E-state index contributed by atoms with van der Waals surface area (Å²) in [5.74, 6) is -0.882. The zero-order valence-corrected chi connectivity index (χ0v) is 29.0. The van der Waals surface area contributed by atoms with E-state index in [0.717, 1.165) is 17.5 Å². The molecule has 0 fully saturated rings. The first kappa shape index (κ1) is 36.0. The van der Waals surface area contributed by atoms with Crippen LogP contribution in [0.25, 0.3) is 0 Å². The number of rotatable bonds is 13. The van der Waals surface area contributed by atoms with Crippen molar-refractivity contribution >= 4 is 62.3 Å². The van der Waals surface area contributed by atoms with Crippen LogP contribution in [0.5, 0.6) is 5.75 Å². The fraction of sp³-hybridized carbons (Fsp3) is 0.265. The topological polar surface area (TPSA) is 77.9 Å². The van der Waals surface area contributed by atoms with Crippen molar-refractivity contribution in [3.63, 3.8) is 0 Å². The maximum atomic E-state index is 13.8. The highest BCUT2D eigenvalue weighted by Crippen LogP contribution is 2.36. The first-order valence-corrected chi connectivity index (χ1v) is 17.4. The number of sulfonamides is 1. The number of carbonyl (C=O) groups is 1. The second kappa shape index (κ2) is 15.8. The lowest BCUT2D eigenvalue weighted by molar-refractivity contribution is 0.0730. The molecule has 4 aromatic carbocycles. The van der Waals surface area contributed by atoms with E-state index in [1.54, 1.807) is 59.5 Å². The van der Waals surface area contributed by atoms with Gasteiger partial charge in [-0.25, -0.2) is 12.8 Å². The Morgan fingerprint density at radius 1 is 0.783 bits per heavy atom. The summed E-state index contributed by atoms with van der Waals surface area (Å²) >= 11 is 24.6. The average Bonchev–Trinajstić information content (AvgIpc) is 2.98. The number of carbonyl (C=O) groups excluding carboxylic acids is 1. The molecule has 0 radical (unpaired) electrons. The molecule has 1 amide bonds. The number of halogens is 5. The Balaban J connectivity index is 1.61. The van der Waals surface area contributed by atoms with E-state index in [2.05, 4.69) is 13.8 Å². The van der Waals surface area contributed by atoms with Crippen molar-refractivity contribution in [2.75, 3.05) is 6.54 Å². The Morgan fingerprint density at radius 2 is 1.33 bits per heavy atom. The van der Waals surface area contributed by atoms with Crippen LogP contribution in [0.2, 0.25) is 20.1 Å². The number of phenols is 1. The van der Waals surface area contributed by atoms with Crippen LogP contribution in [0.1, 0.15) is 53.7 Å². The van der Waals surface area contributed by atoms with Crippen LogP contribution in [-0.4, -0.2) is 35.2 Å². The molecule has 0 aliphatic rings. The first-order chi connectivity index (χ1) is 21.7. The number of phenolic OH excluding ortho intramolecular Hbond substituents is 1. The van der Waals surface area contributed by atoms with Crippen LogP contribution >= 0.6 is 46.4 Å². The van der Waals surface area contributed by atoms with Gasteiger partial charge in [-0.15, -0.1) is 0 Å². The summed E-state index contributed by atoms with van der Waals surface area (Å²) in [6.45, 7) is 4.66. The normalized spacial score (nSPS) is 11.8. The van der Waals surface area contributed by atoms with Crippen molar-refractivity contribution in [3.05, 3.63) is 127 Å². The molecule has 0 heterocycles. The molecule has 0 aromatic heterocycles. The molecule has 46 heavy (non-hydrogen) atoms. The standard InChI is InChI=1S/C34H33Cl4FN2O4S/c1-22(2)4-3-13-41(46(44,45)32-18-29(37)17-31(38)33(32)42)21-24-5-9-26(10-6-24)34(43)40(19-23-7-11-30(39)12-8-23)20-25-14-27(35)16-28(36)15-25/h5-12,14-18,22,42H,3-4,13,19-21H2,1-2H3. The number of benzene rings is 4. The molecule has 0 aliphatic heterocycles. The molecule has 0 spiro atoms. The predicted octanol–water partition coefficient (Wildman–Crippen LogP) is 9.61. The molecular formula is C34H33Cl4FN2O4S. The molecule has 0 aliphatic carbocycles. The summed E-state index contributed by atoms with van der Waals surface area (Å²) in [6, 6.07) is 20.0. The fourth-order valence-electron chi connectivity index (χ4n) is 4.91. The summed E-state index contributed by atoms with van der Waals surface area (Å²) in [4.78, 5) is 15.0. The van der Waals surface area contributed by atoms with Crippen LogP contribution in [0.4, 0.5) is 4.39 Å². The Hall–Kier alpha value is -2.85. The van der Waals surface area contributed by atoms with E-state index in [4.69, 9.17) is 46.4 Å². The van der Waals surface area contributed by atoms with E-state index in [0.29, 0.717) is 33.5 Å². The van der Waals surface area contributed by atoms with Gasteiger partial charge < -0.3 is 10.0 Å². The van der Waals surface area contributed by atoms with Gasteiger partial charge in [0.25, 0.3) is 5.91 Å². The Labute approximate surface area is 289 Å². The molecule has 244 valence electrons. The number of hydrogen-bond acceptors (Lipinski definition) is 4. The third-order valence-electron chi connectivity index (χ3n) is 7.23. The lowest BCUT2D eigenvalue weighted by Gasteiger charge is -2.25. The van der Waals surface area contributed by atoms with Gasteiger partial charge in [-0.1, -0.05) is 84.5 Å². The second-order valence-electron chi connectivity index (χ2n) is 11.4. The Bertz CT molecular complexity index is 1770. The Kier molecular flexibility index (Phi) is 12.4. The van der Waals surface area contributed by atoms with E-state index in [1.165, 1.54) is 28.6 Å². The smallest absolute Gasteiger partial charge is 0.254 e. The zero-order chi connectivity index (χ0) is 33.6. The molecule has 0 saturated carbocycles. The van der Waals surface area contributed by atoms with Gasteiger partial charge in [0, 0.05) is 46.8 Å². The van der Waals surface area contributed by atoms with Crippen molar-refractivity contribution in [2.45, 2.75) is 51.2 Å².